The van der Waals surface area contributed by atoms with Gasteiger partial charge in [0.05, 0.1) is 6.04 Å². The maximum Gasteiger partial charge on any atom is 0.326 e. The van der Waals surface area contributed by atoms with Crippen LogP contribution in [0.25, 0.3) is 0 Å². The first-order valence-electron chi connectivity index (χ1n) is 6.09. The summed E-state index contributed by atoms with van der Waals surface area (Å²) in [7, 11) is 0. The number of aliphatic carboxylic acids is 1. The summed E-state index contributed by atoms with van der Waals surface area (Å²) < 4.78 is 0. The molecule has 1 aliphatic rings. The zero-order chi connectivity index (χ0) is 13.1. The summed E-state index contributed by atoms with van der Waals surface area (Å²) in [5, 5.41) is 14.9. The number of carbonyl (C=O) groups excluding carboxylic acids is 1. The first-order valence-corrected chi connectivity index (χ1v) is 6.09. The lowest BCUT2D eigenvalue weighted by molar-refractivity contribution is -0.145. The van der Waals surface area contributed by atoms with Gasteiger partial charge in [0, 0.05) is 0 Å². The molecule has 1 fully saturated rings. The van der Waals surface area contributed by atoms with E-state index in [1.807, 2.05) is 0 Å². The molecule has 0 radical (unpaired) electrons. The predicted molar refractivity (Wildman–Crippen MR) is 64.7 cm³/mol. The van der Waals surface area contributed by atoms with E-state index in [0.29, 0.717) is 0 Å². The van der Waals surface area contributed by atoms with Crippen LogP contribution >= 0.6 is 0 Å². The lowest BCUT2D eigenvalue weighted by Gasteiger charge is -2.30. The minimum atomic E-state index is -0.985. The lowest BCUT2D eigenvalue weighted by atomic mass is 9.86. The molecule has 0 bridgehead atoms. The molecule has 17 heavy (non-hydrogen) atoms. The van der Waals surface area contributed by atoms with Gasteiger partial charge in [0.15, 0.2) is 0 Å². The number of carbonyl (C=O) groups is 2. The van der Waals surface area contributed by atoms with Crippen LogP contribution in [0.4, 0.5) is 0 Å². The van der Waals surface area contributed by atoms with Gasteiger partial charge in [-0.1, -0.05) is 27.2 Å². The van der Waals surface area contributed by atoms with Crippen LogP contribution in [0, 0.1) is 5.41 Å². The number of hydrogen-bond acceptors (Lipinski definition) is 3. The number of nitrogens with one attached hydrogen (secondary N) is 2. The molecule has 1 rings (SSSR count). The third kappa shape index (κ3) is 4.00. The molecule has 2 atom stereocenters. The Labute approximate surface area is 102 Å². The third-order valence-corrected chi connectivity index (χ3v) is 3.03. The molecular weight excluding hydrogens is 220 g/mol. The Balaban J connectivity index is 2.60. The van der Waals surface area contributed by atoms with E-state index in [9.17, 15) is 9.59 Å². The van der Waals surface area contributed by atoms with Crippen molar-refractivity contribution < 1.29 is 14.7 Å². The topological polar surface area (TPSA) is 78.4 Å². The van der Waals surface area contributed by atoms with Crippen molar-refractivity contribution >= 4 is 11.9 Å². The molecule has 0 aromatic carbocycles. The highest BCUT2D eigenvalue weighted by atomic mass is 16.4. The molecule has 1 amide bonds. The normalized spacial score (nSPS) is 22.9. The fourth-order valence-corrected chi connectivity index (χ4v) is 1.97. The Bertz CT molecular complexity index is 291. The third-order valence-electron chi connectivity index (χ3n) is 3.03. The summed E-state index contributed by atoms with van der Waals surface area (Å²) >= 11 is 0. The second-order valence-corrected chi connectivity index (χ2v) is 5.65. The maximum absolute atomic E-state index is 11.9. The SMILES string of the molecule is CC(C)(C)C(NC(=O)[C@@H]1CCCCN1)C(=O)O. The van der Waals surface area contributed by atoms with E-state index < -0.39 is 17.4 Å². The molecule has 1 unspecified atom stereocenters. The van der Waals surface area contributed by atoms with Crippen LogP contribution < -0.4 is 10.6 Å². The summed E-state index contributed by atoms with van der Waals surface area (Å²) in [4.78, 5) is 23.1. The summed E-state index contributed by atoms with van der Waals surface area (Å²) in [6.45, 7) is 6.24. The molecule has 3 N–H and O–H groups in total. The van der Waals surface area contributed by atoms with E-state index in [1.54, 1.807) is 20.8 Å². The molecule has 0 aromatic rings. The molecule has 1 heterocycles. The van der Waals surface area contributed by atoms with E-state index >= 15 is 0 Å². The highest BCUT2D eigenvalue weighted by Gasteiger charge is 2.34. The summed E-state index contributed by atoms with van der Waals surface area (Å²) in [6.07, 6.45) is 2.87. The van der Waals surface area contributed by atoms with E-state index in [1.165, 1.54) is 0 Å². The second-order valence-electron chi connectivity index (χ2n) is 5.65. The number of amides is 1. The van der Waals surface area contributed by atoms with Crippen LogP contribution in [0.2, 0.25) is 0 Å². The van der Waals surface area contributed by atoms with Crippen molar-refractivity contribution in [3.63, 3.8) is 0 Å². The molecule has 0 aliphatic carbocycles. The Morgan fingerprint density at radius 3 is 2.41 bits per heavy atom. The zero-order valence-corrected chi connectivity index (χ0v) is 10.7. The van der Waals surface area contributed by atoms with Crippen LogP contribution in [0.5, 0.6) is 0 Å². The van der Waals surface area contributed by atoms with E-state index in [2.05, 4.69) is 10.6 Å². The van der Waals surface area contributed by atoms with Gasteiger partial charge in [0.25, 0.3) is 0 Å². The first kappa shape index (κ1) is 14.0. The van der Waals surface area contributed by atoms with Crippen molar-refractivity contribution in [1.29, 1.82) is 0 Å². The Morgan fingerprint density at radius 2 is 2.00 bits per heavy atom. The van der Waals surface area contributed by atoms with Gasteiger partial charge in [-0.3, -0.25) is 4.79 Å². The standard InChI is InChI=1S/C12H22N2O3/c1-12(2,3)9(11(16)17)14-10(15)8-6-4-5-7-13-8/h8-9,13H,4-7H2,1-3H3,(H,14,15)(H,16,17)/t8-,9?/m0/s1. The number of carboxylic acids is 1. The molecule has 0 aromatic heterocycles. The van der Waals surface area contributed by atoms with Crippen LogP contribution in [0.1, 0.15) is 40.0 Å². The van der Waals surface area contributed by atoms with Crippen molar-refractivity contribution in [3.05, 3.63) is 0 Å². The fraction of sp³-hybridized carbons (Fsp3) is 0.833. The number of hydrogen-bond donors (Lipinski definition) is 3. The maximum atomic E-state index is 11.9. The summed E-state index contributed by atoms with van der Waals surface area (Å²) in [5.74, 6) is -1.19. The Hall–Kier alpha value is -1.10. The monoisotopic (exact) mass is 242 g/mol. The van der Waals surface area contributed by atoms with E-state index in [4.69, 9.17) is 5.11 Å². The van der Waals surface area contributed by atoms with Crippen LogP contribution in [-0.2, 0) is 9.59 Å². The highest BCUT2D eigenvalue weighted by molar-refractivity contribution is 5.87. The van der Waals surface area contributed by atoms with Crippen LogP contribution in [0.3, 0.4) is 0 Å². The van der Waals surface area contributed by atoms with Crippen molar-refractivity contribution in [2.24, 2.45) is 5.41 Å². The van der Waals surface area contributed by atoms with E-state index in [-0.39, 0.29) is 11.9 Å². The van der Waals surface area contributed by atoms with Gasteiger partial charge in [-0.2, -0.15) is 0 Å². The summed E-state index contributed by atoms with van der Waals surface area (Å²) in [5.41, 5.74) is -0.490. The van der Waals surface area contributed by atoms with E-state index in [0.717, 1.165) is 25.8 Å². The molecule has 1 saturated heterocycles. The largest absolute Gasteiger partial charge is 0.480 e. The van der Waals surface area contributed by atoms with Gasteiger partial charge in [-0.05, 0) is 24.8 Å². The molecule has 98 valence electrons. The number of rotatable bonds is 3. The highest BCUT2D eigenvalue weighted by Crippen LogP contribution is 2.20. The molecule has 0 spiro atoms. The average Bonchev–Trinajstić information content (AvgIpc) is 2.24. The average molecular weight is 242 g/mol. The molecule has 0 saturated carbocycles. The van der Waals surface area contributed by atoms with Crippen molar-refractivity contribution in [3.8, 4) is 0 Å². The van der Waals surface area contributed by atoms with Crippen molar-refractivity contribution in [1.82, 2.24) is 10.6 Å². The quantitative estimate of drug-likeness (QED) is 0.682. The van der Waals surface area contributed by atoms with Crippen LogP contribution in [-0.4, -0.2) is 35.6 Å². The predicted octanol–water partition coefficient (Wildman–Crippen LogP) is 0.744. The van der Waals surface area contributed by atoms with Gasteiger partial charge in [-0.15, -0.1) is 0 Å². The Kier molecular flexibility index (Phi) is 4.51. The zero-order valence-electron chi connectivity index (χ0n) is 10.7. The molecule has 5 nitrogen and oxygen atoms in total. The minimum absolute atomic E-state index is 0.202. The van der Waals surface area contributed by atoms with Gasteiger partial charge in [0.1, 0.15) is 6.04 Å². The molecule has 5 heteroatoms. The Morgan fingerprint density at radius 1 is 1.35 bits per heavy atom. The molecular formula is C12H22N2O3. The van der Waals surface area contributed by atoms with Gasteiger partial charge in [-0.25, -0.2) is 4.79 Å². The van der Waals surface area contributed by atoms with Crippen molar-refractivity contribution in [2.75, 3.05) is 6.54 Å². The lowest BCUT2D eigenvalue weighted by Crippen LogP contribution is -2.55. The van der Waals surface area contributed by atoms with Crippen molar-refractivity contribution in [2.45, 2.75) is 52.1 Å². The van der Waals surface area contributed by atoms with Gasteiger partial charge in [0.2, 0.25) is 5.91 Å². The second kappa shape index (κ2) is 5.49. The summed E-state index contributed by atoms with van der Waals surface area (Å²) in [6, 6.07) is -1.09. The fourth-order valence-electron chi connectivity index (χ4n) is 1.97. The number of carboxylic acid groups (broad SMARTS) is 1. The number of piperidine rings is 1. The van der Waals surface area contributed by atoms with Gasteiger partial charge >= 0.3 is 5.97 Å². The van der Waals surface area contributed by atoms with Gasteiger partial charge < -0.3 is 15.7 Å². The first-order chi connectivity index (χ1) is 7.82. The van der Waals surface area contributed by atoms with Crippen LogP contribution in [0.15, 0.2) is 0 Å². The minimum Gasteiger partial charge on any atom is -0.480 e. The molecule has 1 aliphatic heterocycles. The smallest absolute Gasteiger partial charge is 0.326 e.